The molecule has 2 N–H and O–H groups in total. The number of benzene rings is 1. The number of piperazine rings is 1. The van der Waals surface area contributed by atoms with Crippen LogP contribution in [0.15, 0.2) is 29.3 Å². The maximum absolute atomic E-state index is 12.2. The largest absolute Gasteiger partial charge is 0.444 e. The van der Waals surface area contributed by atoms with Crippen LogP contribution >= 0.6 is 0 Å². The van der Waals surface area contributed by atoms with Gasteiger partial charge in [0.2, 0.25) is 5.91 Å². The summed E-state index contributed by atoms with van der Waals surface area (Å²) in [6.07, 6.45) is 1.31. The van der Waals surface area contributed by atoms with Gasteiger partial charge in [-0.15, -0.1) is 0 Å². The maximum Gasteiger partial charge on any atom is 0.410 e. The molecule has 30 heavy (non-hydrogen) atoms. The van der Waals surface area contributed by atoms with Gasteiger partial charge in [-0.25, -0.2) is 9.79 Å². The van der Waals surface area contributed by atoms with E-state index in [-0.39, 0.29) is 12.0 Å². The lowest BCUT2D eigenvalue weighted by atomic mass is 10.1. The number of guanidine groups is 1. The van der Waals surface area contributed by atoms with Crippen LogP contribution in [0.4, 0.5) is 4.79 Å². The van der Waals surface area contributed by atoms with Gasteiger partial charge in [0.15, 0.2) is 5.96 Å². The first kappa shape index (κ1) is 21.9. The molecule has 164 valence electrons. The lowest BCUT2D eigenvalue weighted by molar-refractivity contribution is -0.128. The topological polar surface area (TPSA) is 91.5 Å². The van der Waals surface area contributed by atoms with Crippen molar-refractivity contribution in [1.29, 1.82) is 0 Å². The second-order valence-corrected chi connectivity index (χ2v) is 8.87. The van der Waals surface area contributed by atoms with Gasteiger partial charge in [0.1, 0.15) is 5.60 Å². The summed E-state index contributed by atoms with van der Waals surface area (Å²) in [6.45, 7) is 9.95. The van der Waals surface area contributed by atoms with E-state index >= 15 is 0 Å². The number of nitrogens with two attached hydrogens (primary N) is 1. The Balaban J connectivity index is 1.50. The summed E-state index contributed by atoms with van der Waals surface area (Å²) in [6, 6.07) is 8.14. The SMILES string of the molecule is CC(C)(C)OC(=O)N1CCN(C(N)=NCc2cccc(CN3CCCC3=O)c2)CC1. The highest BCUT2D eigenvalue weighted by Crippen LogP contribution is 2.16. The lowest BCUT2D eigenvalue weighted by Crippen LogP contribution is -2.53. The number of ether oxygens (including phenoxy) is 1. The molecule has 0 aromatic heterocycles. The maximum atomic E-state index is 12.2. The summed E-state index contributed by atoms with van der Waals surface area (Å²) in [5.74, 6) is 0.715. The Morgan fingerprint density at radius 2 is 1.77 bits per heavy atom. The van der Waals surface area contributed by atoms with Gasteiger partial charge in [0.05, 0.1) is 6.54 Å². The van der Waals surface area contributed by atoms with Crippen LogP contribution in [-0.4, -0.2) is 71.0 Å². The van der Waals surface area contributed by atoms with Crippen molar-refractivity contribution >= 4 is 18.0 Å². The molecule has 0 atom stereocenters. The molecule has 2 aliphatic rings. The van der Waals surface area contributed by atoms with Crippen molar-refractivity contribution in [1.82, 2.24) is 14.7 Å². The zero-order valence-electron chi connectivity index (χ0n) is 18.3. The summed E-state index contributed by atoms with van der Waals surface area (Å²) in [7, 11) is 0. The number of hydrogen-bond donors (Lipinski definition) is 1. The zero-order chi connectivity index (χ0) is 21.7. The standard InChI is InChI=1S/C22H33N5O3/c1-22(2,3)30-21(29)26-12-10-25(11-13-26)20(23)24-15-17-6-4-7-18(14-17)16-27-9-5-8-19(27)28/h4,6-7,14H,5,8-13,15-16H2,1-3H3,(H2,23,24). The second kappa shape index (κ2) is 9.36. The first-order valence-electron chi connectivity index (χ1n) is 10.6. The van der Waals surface area contributed by atoms with E-state index < -0.39 is 5.60 Å². The van der Waals surface area contributed by atoms with Crippen LogP contribution in [0.5, 0.6) is 0 Å². The van der Waals surface area contributed by atoms with Crippen LogP contribution in [0.2, 0.25) is 0 Å². The van der Waals surface area contributed by atoms with Crippen LogP contribution in [0.25, 0.3) is 0 Å². The molecule has 1 aromatic rings. The molecule has 8 heteroatoms. The number of carbonyl (C=O) groups is 2. The molecular weight excluding hydrogens is 382 g/mol. The number of likely N-dealkylation sites (tertiary alicyclic amines) is 1. The van der Waals surface area contributed by atoms with E-state index in [1.165, 1.54) is 0 Å². The molecule has 0 spiro atoms. The van der Waals surface area contributed by atoms with E-state index in [4.69, 9.17) is 10.5 Å². The fraction of sp³-hybridized carbons (Fsp3) is 0.591. The highest BCUT2D eigenvalue weighted by Gasteiger charge is 2.26. The molecule has 0 unspecified atom stereocenters. The zero-order valence-corrected chi connectivity index (χ0v) is 18.3. The molecule has 0 bridgehead atoms. The first-order valence-corrected chi connectivity index (χ1v) is 10.6. The Labute approximate surface area is 178 Å². The van der Waals surface area contributed by atoms with Crippen molar-refractivity contribution in [2.75, 3.05) is 32.7 Å². The summed E-state index contributed by atoms with van der Waals surface area (Å²) in [5, 5.41) is 0. The van der Waals surface area contributed by atoms with Crippen LogP contribution in [0.3, 0.4) is 0 Å². The molecule has 0 aliphatic carbocycles. The van der Waals surface area contributed by atoms with Gasteiger partial charge in [-0.05, 0) is 38.3 Å². The van der Waals surface area contributed by atoms with Gasteiger partial charge >= 0.3 is 6.09 Å². The molecule has 1 aromatic carbocycles. The van der Waals surface area contributed by atoms with E-state index in [0.29, 0.717) is 51.6 Å². The van der Waals surface area contributed by atoms with E-state index in [1.807, 2.05) is 48.8 Å². The summed E-state index contributed by atoms with van der Waals surface area (Å²) in [5.41, 5.74) is 7.88. The van der Waals surface area contributed by atoms with Crippen molar-refractivity contribution in [3.05, 3.63) is 35.4 Å². The van der Waals surface area contributed by atoms with Crippen molar-refractivity contribution in [2.24, 2.45) is 10.7 Å². The lowest BCUT2D eigenvalue weighted by Gasteiger charge is -2.36. The minimum absolute atomic E-state index is 0.230. The smallest absolute Gasteiger partial charge is 0.410 e. The molecule has 0 radical (unpaired) electrons. The van der Waals surface area contributed by atoms with Gasteiger partial charge in [0.25, 0.3) is 0 Å². The third-order valence-corrected chi connectivity index (χ3v) is 5.22. The van der Waals surface area contributed by atoms with Crippen molar-refractivity contribution < 1.29 is 14.3 Å². The first-order chi connectivity index (χ1) is 14.2. The molecule has 2 aliphatic heterocycles. The molecule has 2 amide bonds. The third kappa shape index (κ3) is 6.11. The molecule has 0 saturated carbocycles. The number of aliphatic imine (C=N–C) groups is 1. The Hall–Kier alpha value is -2.77. The summed E-state index contributed by atoms with van der Waals surface area (Å²) in [4.78, 5) is 34.2. The molecule has 2 saturated heterocycles. The van der Waals surface area contributed by atoms with Crippen LogP contribution < -0.4 is 5.73 Å². The van der Waals surface area contributed by atoms with Crippen molar-refractivity contribution in [3.8, 4) is 0 Å². The number of nitrogens with zero attached hydrogens (tertiary/aromatic N) is 4. The predicted molar refractivity (Wildman–Crippen MR) is 116 cm³/mol. The summed E-state index contributed by atoms with van der Waals surface area (Å²) < 4.78 is 5.43. The number of hydrogen-bond acceptors (Lipinski definition) is 4. The average Bonchev–Trinajstić information content (AvgIpc) is 3.10. The summed E-state index contributed by atoms with van der Waals surface area (Å²) >= 11 is 0. The van der Waals surface area contributed by atoms with E-state index in [0.717, 1.165) is 24.1 Å². The minimum atomic E-state index is -0.495. The monoisotopic (exact) mass is 415 g/mol. The van der Waals surface area contributed by atoms with Gasteiger partial charge < -0.3 is 25.2 Å². The normalized spacial score (nSPS) is 18.2. The molecule has 2 fully saturated rings. The predicted octanol–water partition coefficient (Wildman–Crippen LogP) is 2.18. The number of amides is 2. The third-order valence-electron chi connectivity index (χ3n) is 5.22. The van der Waals surface area contributed by atoms with Gasteiger partial charge in [-0.2, -0.15) is 0 Å². The van der Waals surface area contributed by atoms with E-state index in [9.17, 15) is 9.59 Å². The Morgan fingerprint density at radius 3 is 2.40 bits per heavy atom. The molecular formula is C22H33N5O3. The number of rotatable bonds is 4. The Kier molecular flexibility index (Phi) is 6.84. The van der Waals surface area contributed by atoms with Crippen LogP contribution in [-0.2, 0) is 22.6 Å². The average molecular weight is 416 g/mol. The van der Waals surface area contributed by atoms with Gasteiger partial charge in [0, 0.05) is 45.7 Å². The van der Waals surface area contributed by atoms with Gasteiger partial charge in [-0.1, -0.05) is 24.3 Å². The van der Waals surface area contributed by atoms with E-state index in [2.05, 4.69) is 11.1 Å². The second-order valence-electron chi connectivity index (χ2n) is 8.87. The van der Waals surface area contributed by atoms with Crippen LogP contribution in [0.1, 0.15) is 44.7 Å². The Morgan fingerprint density at radius 1 is 1.10 bits per heavy atom. The van der Waals surface area contributed by atoms with Crippen molar-refractivity contribution in [2.45, 2.75) is 52.3 Å². The fourth-order valence-corrected chi connectivity index (χ4v) is 3.63. The number of carbonyl (C=O) groups excluding carboxylic acids is 2. The highest BCUT2D eigenvalue weighted by atomic mass is 16.6. The minimum Gasteiger partial charge on any atom is -0.444 e. The highest BCUT2D eigenvalue weighted by molar-refractivity contribution is 5.79. The van der Waals surface area contributed by atoms with Crippen LogP contribution in [0, 0.1) is 0 Å². The molecule has 3 rings (SSSR count). The molecule has 2 heterocycles. The van der Waals surface area contributed by atoms with E-state index in [1.54, 1.807) is 4.90 Å². The van der Waals surface area contributed by atoms with Gasteiger partial charge in [-0.3, -0.25) is 4.79 Å². The molecule has 8 nitrogen and oxygen atoms in total. The van der Waals surface area contributed by atoms with Crippen molar-refractivity contribution in [3.63, 3.8) is 0 Å². The Bertz CT molecular complexity index is 794. The fourth-order valence-electron chi connectivity index (χ4n) is 3.63. The quantitative estimate of drug-likeness (QED) is 0.601.